The fraction of sp³-hybridized carbons (Fsp3) is 0.348. The number of Topliss-reactive ketones (excluding diaryl/α,β-unsaturated/α-hetero) is 1. The van der Waals surface area contributed by atoms with Crippen LogP contribution in [0.5, 0.6) is 0 Å². The SMILES string of the molecule is CC(=O)c1ccc(N2CC[NH+](CC(=O)NC(=O)Nc3ccc(C)cc3C)CC2)cc1. The second kappa shape index (κ2) is 9.54. The van der Waals surface area contributed by atoms with E-state index in [1.54, 1.807) is 6.92 Å². The average molecular weight is 410 g/mol. The summed E-state index contributed by atoms with van der Waals surface area (Å²) in [6, 6.07) is 12.9. The summed E-state index contributed by atoms with van der Waals surface area (Å²) >= 11 is 0. The van der Waals surface area contributed by atoms with Crippen molar-refractivity contribution in [1.29, 1.82) is 0 Å². The van der Waals surface area contributed by atoms with Crippen LogP contribution in [-0.2, 0) is 4.79 Å². The molecule has 3 amide bonds. The van der Waals surface area contributed by atoms with E-state index in [1.165, 1.54) is 0 Å². The fourth-order valence-electron chi connectivity index (χ4n) is 3.67. The summed E-state index contributed by atoms with van der Waals surface area (Å²) in [5, 5.41) is 5.16. The number of amides is 3. The third-order valence-corrected chi connectivity index (χ3v) is 5.40. The Balaban J connectivity index is 1.44. The van der Waals surface area contributed by atoms with E-state index in [9.17, 15) is 14.4 Å². The van der Waals surface area contributed by atoms with Crippen LogP contribution in [0.3, 0.4) is 0 Å². The number of piperazine rings is 1. The van der Waals surface area contributed by atoms with Gasteiger partial charge in [0.25, 0.3) is 5.91 Å². The summed E-state index contributed by atoms with van der Waals surface area (Å²) in [7, 11) is 0. The van der Waals surface area contributed by atoms with Crippen LogP contribution < -0.4 is 20.4 Å². The van der Waals surface area contributed by atoms with Gasteiger partial charge in [0.2, 0.25) is 0 Å². The van der Waals surface area contributed by atoms with Crippen molar-refractivity contribution in [2.24, 2.45) is 0 Å². The summed E-state index contributed by atoms with van der Waals surface area (Å²) < 4.78 is 0. The molecule has 2 aromatic carbocycles. The number of nitrogens with zero attached hydrogens (tertiary/aromatic N) is 1. The topological polar surface area (TPSA) is 83.0 Å². The second-order valence-corrected chi connectivity index (χ2v) is 7.84. The zero-order chi connectivity index (χ0) is 21.7. The van der Waals surface area contributed by atoms with E-state index in [2.05, 4.69) is 15.5 Å². The van der Waals surface area contributed by atoms with Crippen LogP contribution in [0.25, 0.3) is 0 Å². The number of quaternary nitrogens is 1. The summed E-state index contributed by atoms with van der Waals surface area (Å²) in [4.78, 5) is 39.2. The summed E-state index contributed by atoms with van der Waals surface area (Å²) in [5.41, 5.74) is 4.56. The molecular formula is C23H29N4O3+. The molecule has 1 aliphatic heterocycles. The number of hydrogen-bond acceptors (Lipinski definition) is 4. The van der Waals surface area contributed by atoms with Crippen LogP contribution in [-0.4, -0.2) is 50.4 Å². The molecule has 0 radical (unpaired) electrons. The number of urea groups is 1. The number of nitrogens with one attached hydrogen (secondary N) is 3. The van der Waals surface area contributed by atoms with Crippen molar-refractivity contribution in [3.8, 4) is 0 Å². The fourth-order valence-corrected chi connectivity index (χ4v) is 3.67. The predicted molar refractivity (Wildman–Crippen MR) is 117 cm³/mol. The Hall–Kier alpha value is -3.19. The monoisotopic (exact) mass is 409 g/mol. The normalized spacial score (nSPS) is 14.3. The molecule has 1 saturated heterocycles. The van der Waals surface area contributed by atoms with Crippen molar-refractivity contribution in [3.05, 3.63) is 59.2 Å². The molecular weight excluding hydrogens is 380 g/mol. The standard InChI is InChI=1S/C23H28N4O3/c1-16-4-9-21(17(2)14-16)24-23(30)25-22(29)15-26-10-12-27(13-11-26)20-7-5-19(6-8-20)18(3)28/h4-9,14H,10-13,15H2,1-3H3,(H2,24,25,29,30)/p+1. The molecule has 2 aromatic rings. The Labute approximate surface area is 177 Å². The van der Waals surface area contributed by atoms with Gasteiger partial charge in [-0.05, 0) is 56.7 Å². The lowest BCUT2D eigenvalue weighted by Crippen LogP contribution is -3.16. The zero-order valence-corrected chi connectivity index (χ0v) is 17.7. The highest BCUT2D eigenvalue weighted by Crippen LogP contribution is 2.16. The van der Waals surface area contributed by atoms with E-state index in [-0.39, 0.29) is 18.2 Å². The first-order valence-electron chi connectivity index (χ1n) is 10.2. The van der Waals surface area contributed by atoms with Gasteiger partial charge in [0.05, 0.1) is 26.2 Å². The molecule has 7 nitrogen and oxygen atoms in total. The van der Waals surface area contributed by atoms with Crippen LogP contribution >= 0.6 is 0 Å². The first-order chi connectivity index (χ1) is 14.3. The van der Waals surface area contributed by atoms with Gasteiger partial charge >= 0.3 is 6.03 Å². The van der Waals surface area contributed by atoms with E-state index >= 15 is 0 Å². The molecule has 1 heterocycles. The third-order valence-electron chi connectivity index (χ3n) is 5.40. The smallest absolute Gasteiger partial charge is 0.326 e. The molecule has 7 heteroatoms. The summed E-state index contributed by atoms with van der Waals surface area (Å²) in [6.07, 6.45) is 0. The van der Waals surface area contributed by atoms with Crippen molar-refractivity contribution in [1.82, 2.24) is 5.32 Å². The number of hydrogen-bond donors (Lipinski definition) is 3. The van der Waals surface area contributed by atoms with Gasteiger partial charge in [0.15, 0.2) is 12.3 Å². The number of benzene rings is 2. The molecule has 0 atom stereocenters. The second-order valence-electron chi connectivity index (χ2n) is 7.84. The average Bonchev–Trinajstić information content (AvgIpc) is 2.70. The molecule has 0 saturated carbocycles. The quantitative estimate of drug-likeness (QED) is 0.655. The molecule has 3 N–H and O–H groups in total. The van der Waals surface area contributed by atoms with Gasteiger partial charge in [0.1, 0.15) is 0 Å². The largest absolute Gasteiger partial charge is 0.360 e. The Morgan fingerprint density at radius 1 is 1.00 bits per heavy atom. The van der Waals surface area contributed by atoms with Crippen LogP contribution in [0.2, 0.25) is 0 Å². The van der Waals surface area contributed by atoms with Crippen molar-refractivity contribution < 1.29 is 19.3 Å². The number of aryl methyl sites for hydroxylation is 2. The van der Waals surface area contributed by atoms with Gasteiger partial charge in [0, 0.05) is 16.9 Å². The van der Waals surface area contributed by atoms with E-state index in [1.807, 2.05) is 56.3 Å². The van der Waals surface area contributed by atoms with Crippen molar-refractivity contribution in [2.45, 2.75) is 20.8 Å². The highest BCUT2D eigenvalue weighted by atomic mass is 16.2. The molecule has 3 rings (SSSR count). The maximum Gasteiger partial charge on any atom is 0.326 e. The van der Waals surface area contributed by atoms with Crippen molar-refractivity contribution in [3.63, 3.8) is 0 Å². The van der Waals surface area contributed by atoms with Gasteiger partial charge in [-0.2, -0.15) is 0 Å². The highest BCUT2D eigenvalue weighted by Gasteiger charge is 2.23. The maximum atomic E-state index is 12.3. The molecule has 0 spiro atoms. The molecule has 158 valence electrons. The molecule has 30 heavy (non-hydrogen) atoms. The molecule has 0 unspecified atom stereocenters. The van der Waals surface area contributed by atoms with Crippen LogP contribution in [0.1, 0.15) is 28.4 Å². The Morgan fingerprint density at radius 2 is 1.67 bits per heavy atom. The van der Waals surface area contributed by atoms with Gasteiger partial charge in [-0.15, -0.1) is 0 Å². The number of imide groups is 1. The highest BCUT2D eigenvalue weighted by molar-refractivity contribution is 6.01. The molecule has 1 aliphatic rings. The summed E-state index contributed by atoms with van der Waals surface area (Å²) in [5.74, 6) is -0.227. The number of anilines is 2. The minimum absolute atomic E-state index is 0.0587. The lowest BCUT2D eigenvalue weighted by molar-refractivity contribution is -0.892. The molecule has 0 aliphatic carbocycles. The van der Waals surface area contributed by atoms with Gasteiger partial charge < -0.3 is 15.1 Å². The Bertz CT molecular complexity index is 932. The number of rotatable bonds is 5. The summed E-state index contributed by atoms with van der Waals surface area (Å²) in [6.45, 7) is 8.97. The minimum Gasteiger partial charge on any atom is -0.360 e. The maximum absolute atomic E-state index is 12.3. The lowest BCUT2D eigenvalue weighted by atomic mass is 10.1. The first kappa shape index (κ1) is 21.5. The zero-order valence-electron chi connectivity index (χ0n) is 17.7. The molecule has 1 fully saturated rings. The Kier molecular flexibility index (Phi) is 6.84. The van der Waals surface area contributed by atoms with E-state index in [0.29, 0.717) is 11.3 Å². The van der Waals surface area contributed by atoms with E-state index in [0.717, 1.165) is 47.9 Å². The molecule has 0 aromatic heterocycles. The van der Waals surface area contributed by atoms with Crippen molar-refractivity contribution >= 4 is 29.1 Å². The first-order valence-corrected chi connectivity index (χ1v) is 10.2. The van der Waals surface area contributed by atoms with Gasteiger partial charge in [-0.1, -0.05) is 17.7 Å². The molecule has 0 bridgehead atoms. The Morgan fingerprint density at radius 3 is 2.27 bits per heavy atom. The van der Waals surface area contributed by atoms with E-state index in [4.69, 9.17) is 0 Å². The van der Waals surface area contributed by atoms with Crippen molar-refractivity contribution in [2.75, 3.05) is 42.9 Å². The number of ketones is 1. The van der Waals surface area contributed by atoms with E-state index < -0.39 is 6.03 Å². The third kappa shape index (κ3) is 5.67. The van der Waals surface area contributed by atoms with Gasteiger partial charge in [-0.3, -0.25) is 14.9 Å². The van der Waals surface area contributed by atoms with Crippen LogP contribution in [0, 0.1) is 13.8 Å². The predicted octanol–water partition coefficient (Wildman–Crippen LogP) is 1.56. The number of carbonyl (C=O) groups is 3. The minimum atomic E-state index is -0.504. The van der Waals surface area contributed by atoms with Crippen LogP contribution in [0.4, 0.5) is 16.2 Å². The lowest BCUT2D eigenvalue weighted by Gasteiger charge is -2.33. The number of carbonyl (C=O) groups excluding carboxylic acids is 3. The van der Waals surface area contributed by atoms with Gasteiger partial charge in [-0.25, -0.2) is 4.79 Å². The van der Waals surface area contributed by atoms with Crippen LogP contribution in [0.15, 0.2) is 42.5 Å².